The zero-order valence-corrected chi connectivity index (χ0v) is 15.7. The van der Waals surface area contributed by atoms with Crippen LogP contribution >= 0.6 is 0 Å². The highest BCUT2D eigenvalue weighted by molar-refractivity contribution is 7.89. The molecule has 3 heterocycles. The second kappa shape index (κ2) is 6.35. The van der Waals surface area contributed by atoms with Crippen molar-refractivity contribution >= 4 is 26.8 Å². The number of para-hydroxylation sites is 2. The predicted molar refractivity (Wildman–Crippen MR) is 97.3 cm³/mol. The van der Waals surface area contributed by atoms with E-state index < -0.39 is 9.84 Å². The van der Waals surface area contributed by atoms with Crippen LogP contribution in [-0.4, -0.2) is 61.3 Å². The van der Waals surface area contributed by atoms with E-state index in [0.717, 1.165) is 44.7 Å². The Hall–Kier alpha value is -1.93. The van der Waals surface area contributed by atoms with Crippen LogP contribution in [0.25, 0.3) is 11.0 Å². The SMILES string of the molecule is CS(=O)(=O)Cc1nc2ccccc2n1CC(=O)N1CCC2(CCOC2)C1. The van der Waals surface area contributed by atoms with Gasteiger partial charge in [0.2, 0.25) is 5.91 Å². The molecule has 2 aliphatic heterocycles. The van der Waals surface area contributed by atoms with Gasteiger partial charge in [0.05, 0.1) is 17.6 Å². The summed E-state index contributed by atoms with van der Waals surface area (Å²) >= 11 is 0. The van der Waals surface area contributed by atoms with Gasteiger partial charge >= 0.3 is 0 Å². The number of rotatable bonds is 4. The molecule has 8 heteroatoms. The molecule has 2 aliphatic rings. The average Bonchev–Trinajstić information content (AvgIpc) is 3.28. The van der Waals surface area contributed by atoms with Crippen LogP contribution in [0.4, 0.5) is 0 Å². The third kappa shape index (κ3) is 3.35. The number of amides is 1. The van der Waals surface area contributed by atoms with Crippen molar-refractivity contribution in [2.24, 2.45) is 5.41 Å². The van der Waals surface area contributed by atoms with E-state index in [0.29, 0.717) is 11.3 Å². The highest BCUT2D eigenvalue weighted by Crippen LogP contribution is 2.38. The van der Waals surface area contributed by atoms with Crippen molar-refractivity contribution in [3.8, 4) is 0 Å². The largest absolute Gasteiger partial charge is 0.381 e. The Morgan fingerprint density at radius 2 is 2.12 bits per heavy atom. The quantitative estimate of drug-likeness (QED) is 0.800. The van der Waals surface area contributed by atoms with Crippen LogP contribution in [0.15, 0.2) is 24.3 Å². The van der Waals surface area contributed by atoms with Crippen molar-refractivity contribution in [1.29, 1.82) is 0 Å². The number of likely N-dealkylation sites (tertiary alicyclic amines) is 1. The highest BCUT2D eigenvalue weighted by Gasteiger charge is 2.42. The van der Waals surface area contributed by atoms with Crippen molar-refractivity contribution in [3.05, 3.63) is 30.1 Å². The maximum absolute atomic E-state index is 12.9. The fourth-order valence-electron chi connectivity index (χ4n) is 4.00. The number of carbonyl (C=O) groups excluding carboxylic acids is 1. The van der Waals surface area contributed by atoms with Crippen LogP contribution in [0.3, 0.4) is 0 Å². The molecular formula is C18H23N3O4S. The summed E-state index contributed by atoms with van der Waals surface area (Å²) in [4.78, 5) is 19.2. The summed E-state index contributed by atoms with van der Waals surface area (Å²) in [6.45, 7) is 3.06. The van der Waals surface area contributed by atoms with Crippen LogP contribution in [-0.2, 0) is 31.7 Å². The number of hydrogen-bond acceptors (Lipinski definition) is 5. The van der Waals surface area contributed by atoms with Crippen LogP contribution < -0.4 is 0 Å². The number of hydrogen-bond donors (Lipinski definition) is 0. The molecule has 1 amide bonds. The van der Waals surface area contributed by atoms with Crippen LogP contribution in [0.1, 0.15) is 18.7 Å². The second-order valence-electron chi connectivity index (χ2n) is 7.54. The summed E-state index contributed by atoms with van der Waals surface area (Å²) in [5, 5.41) is 0. The summed E-state index contributed by atoms with van der Waals surface area (Å²) in [6, 6.07) is 7.44. The minimum absolute atomic E-state index is 0.00618. The molecule has 0 bridgehead atoms. The number of sulfone groups is 1. The number of aromatic nitrogens is 2. The molecule has 1 aromatic carbocycles. The summed E-state index contributed by atoms with van der Waals surface area (Å²) in [6.07, 6.45) is 3.16. The third-order valence-corrected chi connectivity index (χ3v) is 6.18. The monoisotopic (exact) mass is 377 g/mol. The van der Waals surface area contributed by atoms with Gasteiger partial charge in [-0.05, 0) is 25.0 Å². The topological polar surface area (TPSA) is 81.5 Å². The standard InChI is InChI=1S/C18H23N3O4S/c1-26(23,24)11-16-19-14-4-2-3-5-15(14)21(16)10-17(22)20-8-6-18(12-20)7-9-25-13-18/h2-5H,6-13H2,1H3. The number of carbonyl (C=O) groups is 1. The molecule has 0 saturated carbocycles. The van der Waals surface area contributed by atoms with Gasteiger partial charge in [0.25, 0.3) is 0 Å². The number of nitrogens with zero attached hydrogens (tertiary/aromatic N) is 3. The van der Waals surface area contributed by atoms with Gasteiger partial charge in [-0.15, -0.1) is 0 Å². The number of imidazole rings is 1. The Kier molecular flexibility index (Phi) is 4.27. The molecular weight excluding hydrogens is 354 g/mol. The minimum atomic E-state index is -3.25. The maximum Gasteiger partial charge on any atom is 0.242 e. The number of fused-ring (bicyclic) bond motifs is 1. The van der Waals surface area contributed by atoms with E-state index in [1.807, 2.05) is 29.2 Å². The highest BCUT2D eigenvalue weighted by atomic mass is 32.2. The first-order valence-electron chi connectivity index (χ1n) is 8.83. The second-order valence-corrected chi connectivity index (χ2v) is 9.68. The molecule has 26 heavy (non-hydrogen) atoms. The summed E-state index contributed by atoms with van der Waals surface area (Å²) in [5.74, 6) is 0.249. The lowest BCUT2D eigenvalue weighted by Gasteiger charge is -2.22. The first kappa shape index (κ1) is 17.5. The Morgan fingerprint density at radius 3 is 2.85 bits per heavy atom. The fraction of sp³-hybridized carbons (Fsp3) is 0.556. The molecule has 0 radical (unpaired) electrons. The van der Waals surface area contributed by atoms with Crippen LogP contribution in [0, 0.1) is 5.41 Å². The van der Waals surface area contributed by atoms with Crippen molar-refractivity contribution in [1.82, 2.24) is 14.5 Å². The van der Waals surface area contributed by atoms with Gasteiger partial charge in [-0.1, -0.05) is 12.1 Å². The van der Waals surface area contributed by atoms with Crippen LogP contribution in [0.5, 0.6) is 0 Å². The van der Waals surface area contributed by atoms with Gasteiger partial charge in [-0.25, -0.2) is 13.4 Å². The van der Waals surface area contributed by atoms with Gasteiger partial charge in [0, 0.05) is 31.4 Å². The van der Waals surface area contributed by atoms with Gasteiger partial charge in [-0.3, -0.25) is 4.79 Å². The lowest BCUT2D eigenvalue weighted by molar-refractivity contribution is -0.131. The number of ether oxygens (including phenoxy) is 1. The van der Waals surface area contributed by atoms with E-state index in [-0.39, 0.29) is 23.6 Å². The Labute approximate surface area is 152 Å². The maximum atomic E-state index is 12.9. The summed E-state index contributed by atoms with van der Waals surface area (Å²) in [7, 11) is -3.25. The van der Waals surface area contributed by atoms with Gasteiger partial charge < -0.3 is 14.2 Å². The molecule has 2 saturated heterocycles. The number of benzene rings is 1. The van der Waals surface area contributed by atoms with E-state index >= 15 is 0 Å². The predicted octanol–water partition coefficient (Wildman–Crippen LogP) is 1.22. The van der Waals surface area contributed by atoms with E-state index in [9.17, 15) is 13.2 Å². The van der Waals surface area contributed by atoms with Gasteiger partial charge in [-0.2, -0.15) is 0 Å². The smallest absolute Gasteiger partial charge is 0.242 e. The van der Waals surface area contributed by atoms with E-state index in [1.54, 1.807) is 4.57 Å². The first-order valence-corrected chi connectivity index (χ1v) is 10.9. The van der Waals surface area contributed by atoms with E-state index in [1.165, 1.54) is 6.26 Å². The molecule has 7 nitrogen and oxygen atoms in total. The van der Waals surface area contributed by atoms with E-state index in [2.05, 4.69) is 4.98 Å². The first-order chi connectivity index (χ1) is 12.4. The van der Waals surface area contributed by atoms with Gasteiger partial charge in [0.1, 0.15) is 18.1 Å². The van der Waals surface area contributed by atoms with Crippen molar-refractivity contribution in [3.63, 3.8) is 0 Å². The van der Waals surface area contributed by atoms with Gasteiger partial charge in [0.15, 0.2) is 9.84 Å². The summed E-state index contributed by atoms with van der Waals surface area (Å²) < 4.78 is 30.8. The molecule has 4 rings (SSSR count). The lowest BCUT2D eigenvalue weighted by atomic mass is 9.87. The zero-order chi connectivity index (χ0) is 18.4. The molecule has 1 unspecified atom stereocenters. The summed E-state index contributed by atoms with van der Waals surface area (Å²) in [5.41, 5.74) is 1.61. The van der Waals surface area contributed by atoms with Crippen molar-refractivity contribution in [2.75, 3.05) is 32.6 Å². The molecule has 140 valence electrons. The zero-order valence-electron chi connectivity index (χ0n) is 14.8. The lowest BCUT2D eigenvalue weighted by Crippen LogP contribution is -2.35. The van der Waals surface area contributed by atoms with Crippen molar-refractivity contribution in [2.45, 2.75) is 25.1 Å². The Balaban J connectivity index is 1.60. The Morgan fingerprint density at radius 1 is 1.31 bits per heavy atom. The molecule has 1 spiro atoms. The Bertz CT molecular complexity index is 944. The molecule has 1 atom stereocenters. The molecule has 0 aliphatic carbocycles. The normalized spacial score (nSPS) is 23.3. The molecule has 1 aromatic heterocycles. The fourth-order valence-corrected chi connectivity index (χ4v) is 4.69. The molecule has 0 N–H and O–H groups in total. The molecule has 2 aromatic rings. The average molecular weight is 377 g/mol. The molecule has 2 fully saturated rings. The minimum Gasteiger partial charge on any atom is -0.381 e. The van der Waals surface area contributed by atoms with Crippen LogP contribution in [0.2, 0.25) is 0 Å². The third-order valence-electron chi connectivity index (χ3n) is 5.39. The van der Waals surface area contributed by atoms with Crippen molar-refractivity contribution < 1.29 is 17.9 Å². The van der Waals surface area contributed by atoms with E-state index in [4.69, 9.17) is 4.74 Å².